The van der Waals surface area contributed by atoms with Gasteiger partial charge in [-0.25, -0.2) is 0 Å². The van der Waals surface area contributed by atoms with E-state index in [0.717, 1.165) is 49.7 Å². The molecule has 1 unspecified atom stereocenters. The second-order valence-corrected chi connectivity index (χ2v) is 21.8. The molecule has 5 heteroatoms. The van der Waals surface area contributed by atoms with Gasteiger partial charge in [0.15, 0.2) is 8.32 Å². The van der Waals surface area contributed by atoms with Crippen LogP contribution in [0, 0.1) is 0 Å². The van der Waals surface area contributed by atoms with Gasteiger partial charge in [0.05, 0.1) is 8.07 Å². The van der Waals surface area contributed by atoms with Crippen LogP contribution in [0.5, 0.6) is 11.5 Å². The maximum atomic E-state index is 10.1. The third kappa shape index (κ3) is 6.99. The fraction of sp³-hybridized carbons (Fsp3) is 0.586. The van der Waals surface area contributed by atoms with Crippen LogP contribution in [0.4, 0.5) is 0 Å². The van der Waals surface area contributed by atoms with Gasteiger partial charge in [-0.15, -0.1) is 0 Å². The van der Waals surface area contributed by atoms with E-state index in [2.05, 4.69) is 53.9 Å². The van der Waals surface area contributed by atoms with Crippen LogP contribution in [0.15, 0.2) is 48.5 Å². The summed E-state index contributed by atoms with van der Waals surface area (Å²) in [5.41, 5.74) is 2.08. The first-order chi connectivity index (χ1) is 15.7. The second-order valence-electron chi connectivity index (χ2n) is 11.9. The Morgan fingerprint density at radius 2 is 1.24 bits per heavy atom. The molecule has 0 saturated carbocycles. The van der Waals surface area contributed by atoms with E-state index >= 15 is 0 Å². The van der Waals surface area contributed by atoms with Crippen molar-refractivity contribution < 1.29 is 14.6 Å². The molecule has 2 N–H and O–H groups in total. The molecule has 0 aliphatic rings. The van der Waals surface area contributed by atoms with E-state index in [1.54, 1.807) is 12.1 Å². The van der Waals surface area contributed by atoms with Crippen molar-refractivity contribution in [3.05, 3.63) is 59.7 Å². The smallest absolute Gasteiger partial charge is 0.192 e. The number of aryl methyl sites for hydroxylation is 2. The second kappa shape index (κ2) is 11.4. The molecule has 34 heavy (non-hydrogen) atoms. The molecule has 0 aromatic heterocycles. The van der Waals surface area contributed by atoms with Gasteiger partial charge in [0.2, 0.25) is 0 Å². The molecule has 0 saturated heterocycles. The highest BCUT2D eigenvalue weighted by atomic mass is 28.4. The summed E-state index contributed by atoms with van der Waals surface area (Å²) in [5, 5.41) is 20.3. The molecule has 0 radical (unpaired) electrons. The van der Waals surface area contributed by atoms with Gasteiger partial charge < -0.3 is 14.6 Å². The maximum Gasteiger partial charge on any atom is 0.192 e. The van der Waals surface area contributed by atoms with Crippen molar-refractivity contribution in [1.82, 2.24) is 0 Å². The summed E-state index contributed by atoms with van der Waals surface area (Å²) in [6, 6.07) is 16.6. The normalized spacial score (nSPS) is 14.7. The van der Waals surface area contributed by atoms with Crippen molar-refractivity contribution in [2.75, 3.05) is 0 Å². The van der Waals surface area contributed by atoms with E-state index in [1.165, 1.54) is 6.04 Å². The molecular weight excluding hydrogens is 452 g/mol. The van der Waals surface area contributed by atoms with Crippen LogP contribution in [0.25, 0.3) is 0 Å². The van der Waals surface area contributed by atoms with E-state index < -0.39 is 16.4 Å². The Hall–Kier alpha value is -1.57. The zero-order chi connectivity index (χ0) is 25.6. The highest BCUT2D eigenvalue weighted by Gasteiger charge is 2.50. The first-order valence-corrected chi connectivity index (χ1v) is 19.1. The summed E-state index contributed by atoms with van der Waals surface area (Å²) >= 11 is 0. The predicted octanol–water partition coefficient (Wildman–Crippen LogP) is 8.47. The molecule has 2 rings (SSSR count). The monoisotopic (exact) mass is 500 g/mol. The van der Waals surface area contributed by atoms with Crippen molar-refractivity contribution in [3.8, 4) is 11.5 Å². The van der Waals surface area contributed by atoms with E-state index in [1.807, 2.05) is 36.4 Å². The Morgan fingerprint density at radius 3 is 1.71 bits per heavy atom. The lowest BCUT2D eigenvalue weighted by Gasteiger charge is -2.51. The van der Waals surface area contributed by atoms with Crippen molar-refractivity contribution in [2.45, 2.75) is 109 Å². The number of phenolic OH excluding ortho intramolecular Hbond substituents is 2. The standard InChI is InChI=1S/C29H48O3Si2/c1-9-29(4,33(5,6)23-15-19-25-17-11-13-21-27(25)31)32-34(7,8)28(2,3)22-14-18-24-16-10-12-20-26(24)30/h10-13,16-17,20-21,30-31H,9,14-15,18-19,22-23H2,1-8H3. The van der Waals surface area contributed by atoms with Gasteiger partial charge in [0.25, 0.3) is 0 Å². The van der Waals surface area contributed by atoms with Crippen LogP contribution >= 0.6 is 0 Å². The molecule has 0 aliphatic carbocycles. The number of para-hydroxylation sites is 2. The minimum Gasteiger partial charge on any atom is -0.508 e. The van der Waals surface area contributed by atoms with Crippen molar-refractivity contribution in [3.63, 3.8) is 0 Å². The first kappa shape index (κ1) is 28.7. The lowest BCUT2D eigenvalue weighted by atomic mass is 10.0. The van der Waals surface area contributed by atoms with Crippen LogP contribution < -0.4 is 0 Å². The summed E-state index contributed by atoms with van der Waals surface area (Å²) in [4.78, 5) is 0. The van der Waals surface area contributed by atoms with E-state index in [9.17, 15) is 10.2 Å². The van der Waals surface area contributed by atoms with Crippen LogP contribution in [-0.2, 0) is 17.3 Å². The van der Waals surface area contributed by atoms with Crippen LogP contribution in [0.2, 0.25) is 37.3 Å². The van der Waals surface area contributed by atoms with Gasteiger partial charge >= 0.3 is 0 Å². The van der Waals surface area contributed by atoms with Gasteiger partial charge in [-0.2, -0.15) is 0 Å². The van der Waals surface area contributed by atoms with E-state index in [-0.39, 0.29) is 10.3 Å². The summed E-state index contributed by atoms with van der Waals surface area (Å²) in [6.45, 7) is 19.2. The number of hydrogen-bond donors (Lipinski definition) is 2. The molecule has 0 bridgehead atoms. The van der Waals surface area contributed by atoms with Gasteiger partial charge in [0.1, 0.15) is 11.5 Å². The average Bonchev–Trinajstić information content (AvgIpc) is 2.75. The number of aromatic hydroxyl groups is 2. The third-order valence-corrected chi connectivity index (χ3v) is 18.3. The van der Waals surface area contributed by atoms with Gasteiger partial charge in [-0.05, 0) is 80.4 Å². The van der Waals surface area contributed by atoms with Gasteiger partial charge in [-0.1, -0.05) is 82.7 Å². The molecule has 1 atom stereocenters. The zero-order valence-corrected chi connectivity index (χ0v) is 24.9. The lowest BCUT2D eigenvalue weighted by Crippen LogP contribution is -2.60. The minimum absolute atomic E-state index is 0.0730. The number of phenols is 2. The van der Waals surface area contributed by atoms with Crippen molar-refractivity contribution in [2.24, 2.45) is 0 Å². The largest absolute Gasteiger partial charge is 0.508 e. The molecule has 3 nitrogen and oxygen atoms in total. The average molecular weight is 501 g/mol. The Morgan fingerprint density at radius 1 is 0.765 bits per heavy atom. The van der Waals surface area contributed by atoms with E-state index in [4.69, 9.17) is 4.43 Å². The Labute approximate surface area is 210 Å². The predicted molar refractivity (Wildman–Crippen MR) is 151 cm³/mol. The van der Waals surface area contributed by atoms with Gasteiger partial charge in [-0.3, -0.25) is 0 Å². The molecule has 2 aromatic carbocycles. The summed E-state index contributed by atoms with van der Waals surface area (Å²) in [6.07, 6.45) is 6.08. The zero-order valence-electron chi connectivity index (χ0n) is 22.9. The Kier molecular flexibility index (Phi) is 9.65. The van der Waals surface area contributed by atoms with E-state index in [0.29, 0.717) is 11.5 Å². The molecule has 0 aliphatic heterocycles. The quantitative estimate of drug-likeness (QED) is 0.271. The lowest BCUT2D eigenvalue weighted by molar-refractivity contribution is 0.136. The molecule has 2 aromatic rings. The first-order valence-electron chi connectivity index (χ1n) is 13.0. The van der Waals surface area contributed by atoms with Gasteiger partial charge in [0, 0.05) is 5.22 Å². The Bertz CT molecular complexity index is 923. The maximum absolute atomic E-state index is 10.1. The Balaban J connectivity index is 2.03. The highest BCUT2D eigenvalue weighted by Crippen LogP contribution is 2.47. The fourth-order valence-corrected chi connectivity index (χ4v) is 11.6. The molecule has 190 valence electrons. The molecular formula is C29H48O3Si2. The van der Waals surface area contributed by atoms with Crippen LogP contribution in [0.1, 0.15) is 64.5 Å². The number of benzene rings is 2. The summed E-state index contributed by atoms with van der Waals surface area (Å²) < 4.78 is 7.26. The third-order valence-electron chi connectivity index (χ3n) is 8.70. The molecule has 0 spiro atoms. The topological polar surface area (TPSA) is 49.7 Å². The molecule has 0 fully saturated rings. The molecule has 0 amide bonds. The fourth-order valence-electron chi connectivity index (χ4n) is 4.84. The highest BCUT2D eigenvalue weighted by molar-refractivity contribution is 6.82. The van der Waals surface area contributed by atoms with Crippen LogP contribution in [-0.4, -0.2) is 31.8 Å². The minimum atomic E-state index is -2.03. The SMILES string of the molecule is CCC(C)(O[Si](C)(C)C(C)(C)CCCc1ccccc1O)[Si](C)(C)CCCc1ccccc1O. The summed E-state index contributed by atoms with van der Waals surface area (Å²) in [7, 11) is -3.74. The van der Waals surface area contributed by atoms with Crippen molar-refractivity contribution >= 4 is 16.4 Å². The number of rotatable bonds is 13. The van der Waals surface area contributed by atoms with Crippen LogP contribution in [0.3, 0.4) is 0 Å². The summed E-state index contributed by atoms with van der Waals surface area (Å²) in [5.74, 6) is 0.818. The number of hydrogen-bond acceptors (Lipinski definition) is 3. The molecule has 0 heterocycles. The van der Waals surface area contributed by atoms with Crippen molar-refractivity contribution in [1.29, 1.82) is 0 Å².